The van der Waals surface area contributed by atoms with Gasteiger partial charge in [0.25, 0.3) is 11.7 Å². The Morgan fingerprint density at radius 3 is 2.30 bits per heavy atom. The van der Waals surface area contributed by atoms with Gasteiger partial charge in [0, 0.05) is 6.54 Å². The summed E-state index contributed by atoms with van der Waals surface area (Å²) in [6.45, 7) is 10.5. The Kier molecular flexibility index (Phi) is 3.69. The molecule has 1 aromatic rings. The van der Waals surface area contributed by atoms with Crippen molar-refractivity contribution < 1.29 is 14.3 Å². The van der Waals surface area contributed by atoms with Crippen LogP contribution in [-0.4, -0.2) is 30.4 Å². The van der Waals surface area contributed by atoms with Gasteiger partial charge in [-0.05, 0) is 45.7 Å². The molecule has 1 aliphatic heterocycles. The standard InChI is InChI=1S/C16H21NO3/c1-10-6-7-11(2)13-12(10)14(18)15(19)17(13)8-9-20-16(3,4)5/h6-7H,8-9H2,1-5H3. The van der Waals surface area contributed by atoms with Crippen molar-refractivity contribution in [1.29, 1.82) is 0 Å². The first-order valence-corrected chi connectivity index (χ1v) is 6.83. The zero-order valence-electron chi connectivity index (χ0n) is 12.7. The lowest BCUT2D eigenvalue weighted by Crippen LogP contribution is -2.35. The minimum Gasteiger partial charge on any atom is -0.374 e. The fraction of sp³-hybridized carbons (Fsp3) is 0.500. The number of ether oxygens (including phenoxy) is 1. The van der Waals surface area contributed by atoms with E-state index in [2.05, 4.69) is 0 Å². The zero-order valence-corrected chi connectivity index (χ0v) is 12.7. The van der Waals surface area contributed by atoms with E-state index in [1.54, 1.807) is 4.90 Å². The van der Waals surface area contributed by atoms with Crippen LogP contribution >= 0.6 is 0 Å². The molecular formula is C16H21NO3. The Balaban J connectivity index is 2.27. The average molecular weight is 275 g/mol. The number of aryl methyl sites for hydroxylation is 2. The molecule has 0 spiro atoms. The van der Waals surface area contributed by atoms with E-state index in [0.29, 0.717) is 18.7 Å². The smallest absolute Gasteiger partial charge is 0.299 e. The van der Waals surface area contributed by atoms with Crippen LogP contribution in [0.15, 0.2) is 12.1 Å². The topological polar surface area (TPSA) is 46.6 Å². The Morgan fingerprint density at radius 1 is 1.10 bits per heavy atom. The highest BCUT2D eigenvalue weighted by Crippen LogP contribution is 2.34. The molecule has 1 amide bonds. The van der Waals surface area contributed by atoms with Crippen molar-refractivity contribution in [2.75, 3.05) is 18.1 Å². The minimum absolute atomic E-state index is 0.253. The first-order chi connectivity index (χ1) is 9.22. The summed E-state index contributed by atoms with van der Waals surface area (Å²) in [4.78, 5) is 25.8. The van der Waals surface area contributed by atoms with Crippen LogP contribution in [0.5, 0.6) is 0 Å². The Bertz CT molecular complexity index is 570. The number of rotatable bonds is 3. The molecule has 4 heteroatoms. The summed E-state index contributed by atoms with van der Waals surface area (Å²) in [5.41, 5.74) is 2.84. The van der Waals surface area contributed by atoms with Crippen molar-refractivity contribution in [2.45, 2.75) is 40.2 Å². The molecule has 0 saturated carbocycles. The summed E-state index contributed by atoms with van der Waals surface area (Å²) in [7, 11) is 0. The third-order valence-corrected chi connectivity index (χ3v) is 3.37. The van der Waals surface area contributed by atoms with E-state index < -0.39 is 11.7 Å². The Hall–Kier alpha value is -1.68. The van der Waals surface area contributed by atoms with Gasteiger partial charge in [-0.3, -0.25) is 9.59 Å². The molecule has 0 aromatic heterocycles. The number of Topliss-reactive ketones (excluding diaryl/α,β-unsaturated/α-hetero) is 1. The van der Waals surface area contributed by atoms with Crippen molar-refractivity contribution in [3.05, 3.63) is 28.8 Å². The largest absolute Gasteiger partial charge is 0.374 e. The summed E-state index contributed by atoms with van der Waals surface area (Å²) in [5, 5.41) is 0. The van der Waals surface area contributed by atoms with Crippen molar-refractivity contribution in [1.82, 2.24) is 0 Å². The van der Waals surface area contributed by atoms with E-state index in [-0.39, 0.29) is 5.60 Å². The number of hydrogen-bond acceptors (Lipinski definition) is 3. The van der Waals surface area contributed by atoms with E-state index in [1.807, 2.05) is 46.8 Å². The number of benzene rings is 1. The molecule has 2 rings (SSSR count). The molecular weight excluding hydrogens is 254 g/mol. The second-order valence-corrected chi connectivity index (χ2v) is 6.17. The number of fused-ring (bicyclic) bond motifs is 1. The molecule has 0 bridgehead atoms. The monoisotopic (exact) mass is 275 g/mol. The highest BCUT2D eigenvalue weighted by molar-refractivity contribution is 6.52. The van der Waals surface area contributed by atoms with Crippen LogP contribution in [0.4, 0.5) is 5.69 Å². The van der Waals surface area contributed by atoms with Crippen LogP contribution in [0.25, 0.3) is 0 Å². The molecule has 20 heavy (non-hydrogen) atoms. The molecule has 0 N–H and O–H groups in total. The summed E-state index contributed by atoms with van der Waals surface area (Å²) in [6, 6.07) is 3.83. The summed E-state index contributed by atoms with van der Waals surface area (Å²) in [5.74, 6) is -0.855. The predicted octanol–water partition coefficient (Wildman–Crippen LogP) is 2.65. The van der Waals surface area contributed by atoms with E-state index in [9.17, 15) is 9.59 Å². The molecule has 0 saturated heterocycles. The Labute approximate surface area is 119 Å². The van der Waals surface area contributed by atoms with E-state index in [0.717, 1.165) is 16.8 Å². The fourth-order valence-corrected chi connectivity index (χ4v) is 2.42. The summed E-state index contributed by atoms with van der Waals surface area (Å²) < 4.78 is 5.65. The van der Waals surface area contributed by atoms with Gasteiger partial charge in [-0.25, -0.2) is 0 Å². The van der Waals surface area contributed by atoms with Crippen molar-refractivity contribution >= 4 is 17.4 Å². The molecule has 1 aromatic carbocycles. The highest BCUT2D eigenvalue weighted by atomic mass is 16.5. The lowest BCUT2D eigenvalue weighted by Gasteiger charge is -2.23. The normalized spacial score (nSPS) is 14.9. The van der Waals surface area contributed by atoms with Gasteiger partial charge in [-0.15, -0.1) is 0 Å². The maximum absolute atomic E-state index is 12.1. The maximum atomic E-state index is 12.1. The van der Waals surface area contributed by atoms with Crippen LogP contribution < -0.4 is 4.90 Å². The molecule has 4 nitrogen and oxygen atoms in total. The van der Waals surface area contributed by atoms with E-state index in [1.165, 1.54) is 0 Å². The summed E-state index contributed by atoms with van der Waals surface area (Å²) >= 11 is 0. The third kappa shape index (κ3) is 2.61. The van der Waals surface area contributed by atoms with Crippen molar-refractivity contribution in [3.63, 3.8) is 0 Å². The molecule has 108 valence electrons. The van der Waals surface area contributed by atoms with Gasteiger partial charge in [-0.1, -0.05) is 12.1 Å². The van der Waals surface area contributed by atoms with Gasteiger partial charge in [0.05, 0.1) is 23.5 Å². The molecule has 0 atom stereocenters. The predicted molar refractivity (Wildman–Crippen MR) is 78.3 cm³/mol. The second-order valence-electron chi connectivity index (χ2n) is 6.17. The average Bonchev–Trinajstić information content (AvgIpc) is 2.58. The lowest BCUT2D eigenvalue weighted by atomic mass is 10.0. The molecule has 0 radical (unpaired) electrons. The first kappa shape index (κ1) is 14.7. The Morgan fingerprint density at radius 2 is 1.70 bits per heavy atom. The van der Waals surface area contributed by atoms with E-state index >= 15 is 0 Å². The lowest BCUT2D eigenvalue weighted by molar-refractivity contribution is -0.114. The number of hydrogen-bond donors (Lipinski definition) is 0. The fourth-order valence-electron chi connectivity index (χ4n) is 2.42. The number of anilines is 1. The second kappa shape index (κ2) is 5.02. The molecule has 0 aliphatic carbocycles. The highest BCUT2D eigenvalue weighted by Gasteiger charge is 2.37. The molecule has 0 unspecified atom stereocenters. The zero-order chi connectivity index (χ0) is 15.1. The molecule has 1 heterocycles. The van der Waals surface area contributed by atoms with Crippen molar-refractivity contribution in [2.24, 2.45) is 0 Å². The van der Waals surface area contributed by atoms with Crippen LogP contribution in [0.3, 0.4) is 0 Å². The molecule has 0 fully saturated rings. The summed E-state index contributed by atoms with van der Waals surface area (Å²) in [6.07, 6.45) is 0. The van der Waals surface area contributed by atoms with Gasteiger partial charge in [0.2, 0.25) is 0 Å². The van der Waals surface area contributed by atoms with Crippen molar-refractivity contribution in [3.8, 4) is 0 Å². The number of carbonyl (C=O) groups excluding carboxylic acids is 2. The number of ketones is 1. The van der Waals surface area contributed by atoms with E-state index in [4.69, 9.17) is 4.74 Å². The molecule has 1 aliphatic rings. The van der Waals surface area contributed by atoms with Crippen LogP contribution in [-0.2, 0) is 9.53 Å². The maximum Gasteiger partial charge on any atom is 0.299 e. The quantitative estimate of drug-likeness (QED) is 0.797. The number of carbonyl (C=O) groups is 2. The SMILES string of the molecule is Cc1ccc(C)c2c1C(=O)C(=O)N2CCOC(C)(C)C. The first-order valence-electron chi connectivity index (χ1n) is 6.83. The van der Waals surface area contributed by atoms with Gasteiger partial charge >= 0.3 is 0 Å². The van der Waals surface area contributed by atoms with Crippen LogP contribution in [0, 0.1) is 13.8 Å². The number of amides is 1. The van der Waals surface area contributed by atoms with Gasteiger partial charge in [0.1, 0.15) is 0 Å². The van der Waals surface area contributed by atoms with Gasteiger partial charge in [0.15, 0.2) is 0 Å². The van der Waals surface area contributed by atoms with Gasteiger partial charge in [-0.2, -0.15) is 0 Å². The third-order valence-electron chi connectivity index (χ3n) is 3.37. The van der Waals surface area contributed by atoms with Crippen LogP contribution in [0.2, 0.25) is 0 Å². The van der Waals surface area contributed by atoms with Gasteiger partial charge < -0.3 is 9.64 Å². The number of nitrogens with zero attached hydrogens (tertiary/aromatic N) is 1. The van der Waals surface area contributed by atoms with Crippen LogP contribution in [0.1, 0.15) is 42.3 Å². The minimum atomic E-state index is -0.449.